The van der Waals surface area contributed by atoms with Crippen LogP contribution in [-0.4, -0.2) is 24.0 Å². The average molecular weight is 396 g/mol. The van der Waals surface area contributed by atoms with E-state index in [1.807, 2.05) is 12.1 Å². The van der Waals surface area contributed by atoms with Gasteiger partial charge in [0.2, 0.25) is 5.91 Å². The highest BCUT2D eigenvalue weighted by molar-refractivity contribution is 7.22. The van der Waals surface area contributed by atoms with E-state index in [1.165, 1.54) is 37.0 Å². The van der Waals surface area contributed by atoms with Crippen molar-refractivity contribution in [3.63, 3.8) is 0 Å². The van der Waals surface area contributed by atoms with Crippen molar-refractivity contribution in [2.24, 2.45) is 0 Å². The Kier molecular flexibility index (Phi) is 6.06. The molecular formula is C21H20N2O4S. The van der Waals surface area contributed by atoms with Crippen molar-refractivity contribution in [2.75, 3.05) is 12.4 Å². The number of carbonyl (C=O) groups excluding carboxylic acids is 2. The summed E-state index contributed by atoms with van der Waals surface area (Å²) in [5, 5.41) is 3.34. The second kappa shape index (κ2) is 8.67. The van der Waals surface area contributed by atoms with Gasteiger partial charge in [0.1, 0.15) is 0 Å². The standard InChI is InChI=1S/C21H20N2O4S/c1-4-14-5-8-16-19(12-14)28-21(22-16)23-20(25)10-7-15-6-9-17(27-13(2)24)18(11-15)26-3/h5-12H,4H2,1-3H3,(H,22,23,25)/b10-7+. The third kappa shape index (κ3) is 4.75. The van der Waals surface area contributed by atoms with Gasteiger partial charge in [-0.15, -0.1) is 0 Å². The molecule has 0 aliphatic carbocycles. The first-order chi connectivity index (χ1) is 13.5. The molecule has 0 aliphatic heterocycles. The minimum atomic E-state index is -0.428. The first-order valence-corrected chi connectivity index (χ1v) is 9.55. The topological polar surface area (TPSA) is 77.5 Å². The lowest BCUT2D eigenvalue weighted by atomic mass is 10.2. The van der Waals surface area contributed by atoms with E-state index in [2.05, 4.69) is 23.3 Å². The largest absolute Gasteiger partial charge is 0.493 e. The summed E-state index contributed by atoms with van der Waals surface area (Å²) in [6.07, 6.45) is 4.03. The predicted octanol–water partition coefficient (Wildman–Crippen LogP) is 4.44. The quantitative estimate of drug-likeness (QED) is 0.378. The molecule has 0 unspecified atom stereocenters. The van der Waals surface area contributed by atoms with Gasteiger partial charge >= 0.3 is 5.97 Å². The van der Waals surface area contributed by atoms with Crippen molar-refractivity contribution in [1.82, 2.24) is 4.98 Å². The molecule has 0 aliphatic rings. The van der Waals surface area contributed by atoms with Crippen LogP contribution in [-0.2, 0) is 16.0 Å². The van der Waals surface area contributed by atoms with E-state index in [0.717, 1.165) is 22.2 Å². The predicted molar refractivity (Wildman–Crippen MR) is 111 cm³/mol. The zero-order valence-electron chi connectivity index (χ0n) is 15.8. The number of nitrogens with zero attached hydrogens (tertiary/aromatic N) is 1. The Bertz CT molecular complexity index is 1060. The molecule has 1 amide bonds. The molecule has 28 heavy (non-hydrogen) atoms. The number of aromatic nitrogens is 1. The van der Waals surface area contributed by atoms with Crippen LogP contribution in [0.5, 0.6) is 11.5 Å². The maximum absolute atomic E-state index is 12.2. The van der Waals surface area contributed by atoms with E-state index in [1.54, 1.807) is 24.3 Å². The molecular weight excluding hydrogens is 376 g/mol. The van der Waals surface area contributed by atoms with Gasteiger partial charge in [-0.3, -0.25) is 14.9 Å². The van der Waals surface area contributed by atoms with Gasteiger partial charge in [-0.25, -0.2) is 4.98 Å². The van der Waals surface area contributed by atoms with E-state index in [-0.39, 0.29) is 5.91 Å². The van der Waals surface area contributed by atoms with Gasteiger partial charge in [0, 0.05) is 13.0 Å². The number of fused-ring (bicyclic) bond motifs is 1. The number of thiazole rings is 1. The summed E-state index contributed by atoms with van der Waals surface area (Å²) < 4.78 is 11.3. The van der Waals surface area contributed by atoms with Crippen molar-refractivity contribution >= 4 is 44.6 Å². The Hall–Kier alpha value is -3.19. The third-order valence-corrected chi connectivity index (χ3v) is 4.89. The van der Waals surface area contributed by atoms with Crippen LogP contribution in [0.25, 0.3) is 16.3 Å². The molecule has 1 N–H and O–H groups in total. The summed E-state index contributed by atoms with van der Waals surface area (Å²) >= 11 is 1.45. The first kappa shape index (κ1) is 19.6. The van der Waals surface area contributed by atoms with Crippen LogP contribution in [0.2, 0.25) is 0 Å². The molecule has 3 rings (SSSR count). The number of aryl methyl sites for hydroxylation is 1. The Balaban J connectivity index is 1.70. The summed E-state index contributed by atoms with van der Waals surface area (Å²) in [6, 6.07) is 11.1. The number of rotatable bonds is 6. The van der Waals surface area contributed by atoms with Gasteiger partial charge < -0.3 is 9.47 Å². The van der Waals surface area contributed by atoms with Crippen LogP contribution in [0.15, 0.2) is 42.5 Å². The van der Waals surface area contributed by atoms with Crippen LogP contribution in [0, 0.1) is 0 Å². The lowest BCUT2D eigenvalue weighted by molar-refractivity contribution is -0.132. The van der Waals surface area contributed by atoms with E-state index in [0.29, 0.717) is 16.6 Å². The number of benzene rings is 2. The molecule has 0 atom stereocenters. The molecule has 0 spiro atoms. The fourth-order valence-corrected chi connectivity index (χ4v) is 3.52. The van der Waals surface area contributed by atoms with Gasteiger partial charge in [-0.2, -0.15) is 0 Å². The zero-order valence-corrected chi connectivity index (χ0v) is 16.6. The molecule has 0 radical (unpaired) electrons. The number of ether oxygens (including phenoxy) is 2. The molecule has 0 saturated carbocycles. The van der Waals surface area contributed by atoms with Gasteiger partial charge in [0.25, 0.3) is 0 Å². The molecule has 0 bridgehead atoms. The van der Waals surface area contributed by atoms with Gasteiger partial charge in [-0.05, 0) is 47.9 Å². The van der Waals surface area contributed by atoms with Crippen LogP contribution < -0.4 is 14.8 Å². The maximum Gasteiger partial charge on any atom is 0.308 e. The normalized spacial score (nSPS) is 11.0. The third-order valence-electron chi connectivity index (χ3n) is 3.96. The zero-order chi connectivity index (χ0) is 20.1. The summed E-state index contributed by atoms with van der Waals surface area (Å²) in [4.78, 5) is 27.8. The van der Waals surface area contributed by atoms with Crippen LogP contribution >= 0.6 is 11.3 Å². The number of hydrogen-bond acceptors (Lipinski definition) is 6. The minimum Gasteiger partial charge on any atom is -0.493 e. The monoisotopic (exact) mass is 396 g/mol. The Morgan fingerprint density at radius 2 is 2.00 bits per heavy atom. The molecule has 2 aromatic carbocycles. The second-order valence-corrected chi connectivity index (χ2v) is 7.03. The summed E-state index contributed by atoms with van der Waals surface area (Å²) in [7, 11) is 1.49. The summed E-state index contributed by atoms with van der Waals surface area (Å²) in [5.74, 6) is 0.0360. The Morgan fingerprint density at radius 3 is 2.71 bits per heavy atom. The number of methoxy groups -OCH3 is 1. The van der Waals surface area contributed by atoms with Crippen molar-refractivity contribution in [3.05, 3.63) is 53.6 Å². The minimum absolute atomic E-state index is 0.280. The Morgan fingerprint density at radius 1 is 1.18 bits per heavy atom. The van der Waals surface area contributed by atoms with Gasteiger partial charge in [0.05, 0.1) is 17.3 Å². The fourth-order valence-electron chi connectivity index (χ4n) is 2.59. The first-order valence-electron chi connectivity index (χ1n) is 8.73. The lowest BCUT2D eigenvalue weighted by Gasteiger charge is -2.08. The lowest BCUT2D eigenvalue weighted by Crippen LogP contribution is -2.07. The number of carbonyl (C=O) groups is 2. The number of anilines is 1. The van der Waals surface area contributed by atoms with Crippen molar-refractivity contribution in [2.45, 2.75) is 20.3 Å². The molecule has 3 aromatic rings. The van der Waals surface area contributed by atoms with Gasteiger partial charge in [0.15, 0.2) is 16.6 Å². The molecule has 1 aromatic heterocycles. The molecule has 0 saturated heterocycles. The average Bonchev–Trinajstić information content (AvgIpc) is 3.07. The van der Waals surface area contributed by atoms with Crippen molar-refractivity contribution in [3.8, 4) is 11.5 Å². The highest BCUT2D eigenvalue weighted by Crippen LogP contribution is 2.29. The summed E-state index contributed by atoms with van der Waals surface area (Å²) in [6.45, 7) is 3.42. The maximum atomic E-state index is 12.2. The number of esters is 1. The van der Waals surface area contributed by atoms with E-state index in [4.69, 9.17) is 9.47 Å². The highest BCUT2D eigenvalue weighted by atomic mass is 32.1. The van der Waals surface area contributed by atoms with Crippen LogP contribution in [0.1, 0.15) is 25.0 Å². The smallest absolute Gasteiger partial charge is 0.308 e. The SMILES string of the molecule is CCc1ccc2nc(NC(=O)/C=C/c3ccc(OC(C)=O)c(OC)c3)sc2c1. The van der Waals surface area contributed by atoms with Crippen molar-refractivity contribution in [1.29, 1.82) is 0 Å². The van der Waals surface area contributed by atoms with Crippen LogP contribution in [0.4, 0.5) is 5.13 Å². The molecule has 144 valence electrons. The second-order valence-electron chi connectivity index (χ2n) is 6.00. The molecule has 0 fully saturated rings. The van der Waals surface area contributed by atoms with Crippen molar-refractivity contribution < 1.29 is 19.1 Å². The molecule has 6 nitrogen and oxygen atoms in total. The number of amides is 1. The number of nitrogens with one attached hydrogen (secondary N) is 1. The fraction of sp³-hybridized carbons (Fsp3) is 0.190. The van der Waals surface area contributed by atoms with E-state index >= 15 is 0 Å². The van der Waals surface area contributed by atoms with Crippen LogP contribution in [0.3, 0.4) is 0 Å². The van der Waals surface area contributed by atoms with Gasteiger partial charge in [-0.1, -0.05) is 30.4 Å². The highest BCUT2D eigenvalue weighted by Gasteiger charge is 2.09. The number of hydrogen-bond donors (Lipinski definition) is 1. The summed E-state index contributed by atoms with van der Waals surface area (Å²) in [5.41, 5.74) is 2.84. The van der Waals surface area contributed by atoms with E-state index < -0.39 is 5.97 Å². The Labute approximate surface area is 166 Å². The molecule has 1 heterocycles. The van der Waals surface area contributed by atoms with E-state index in [9.17, 15) is 9.59 Å². The molecule has 7 heteroatoms.